The SMILES string of the molecule is O=C(O)c1cc(Br)cnc1Sc1ccc2ccccc2c1. The molecule has 0 amide bonds. The second-order valence-corrected chi connectivity index (χ2v) is 6.40. The molecule has 3 rings (SSSR count). The fourth-order valence-electron chi connectivity index (χ4n) is 2.00. The van der Waals surface area contributed by atoms with Crippen molar-refractivity contribution in [2.24, 2.45) is 0 Å². The van der Waals surface area contributed by atoms with E-state index >= 15 is 0 Å². The third-order valence-electron chi connectivity index (χ3n) is 2.98. The van der Waals surface area contributed by atoms with Gasteiger partial charge in [0.15, 0.2) is 0 Å². The third kappa shape index (κ3) is 3.09. The van der Waals surface area contributed by atoms with Crippen molar-refractivity contribution in [1.82, 2.24) is 4.98 Å². The first-order chi connectivity index (χ1) is 10.1. The first-order valence-electron chi connectivity index (χ1n) is 6.19. The van der Waals surface area contributed by atoms with Crippen molar-refractivity contribution in [3.8, 4) is 0 Å². The molecule has 1 aromatic heterocycles. The van der Waals surface area contributed by atoms with Gasteiger partial charge in [-0.25, -0.2) is 9.78 Å². The summed E-state index contributed by atoms with van der Waals surface area (Å²) in [5.74, 6) is -0.980. The Labute approximate surface area is 134 Å². The van der Waals surface area contributed by atoms with Gasteiger partial charge in [-0.1, -0.05) is 42.1 Å². The number of carboxylic acids is 1. The van der Waals surface area contributed by atoms with Crippen LogP contribution < -0.4 is 0 Å². The monoisotopic (exact) mass is 359 g/mol. The fraction of sp³-hybridized carbons (Fsp3) is 0. The second kappa shape index (κ2) is 5.87. The van der Waals surface area contributed by atoms with E-state index in [9.17, 15) is 9.90 Å². The number of rotatable bonds is 3. The normalized spacial score (nSPS) is 10.7. The predicted octanol–water partition coefficient (Wildman–Crippen LogP) is 4.85. The molecule has 0 fully saturated rings. The zero-order valence-corrected chi connectivity index (χ0v) is 13.2. The van der Waals surface area contributed by atoms with E-state index < -0.39 is 5.97 Å². The van der Waals surface area contributed by atoms with Crippen molar-refractivity contribution >= 4 is 44.4 Å². The van der Waals surface area contributed by atoms with E-state index in [2.05, 4.69) is 20.9 Å². The number of hydrogen-bond donors (Lipinski definition) is 1. The number of aromatic carboxylic acids is 1. The van der Waals surface area contributed by atoms with Gasteiger partial charge in [-0.05, 0) is 44.9 Å². The minimum atomic E-state index is -0.980. The molecule has 0 atom stereocenters. The highest BCUT2D eigenvalue weighted by Crippen LogP contribution is 2.32. The molecule has 3 nitrogen and oxygen atoms in total. The standard InChI is InChI=1S/C16H10BrNO2S/c17-12-8-14(16(19)20)15(18-9-12)21-13-6-5-10-3-1-2-4-11(10)7-13/h1-9H,(H,19,20). The average Bonchev–Trinajstić information content (AvgIpc) is 2.49. The van der Waals surface area contributed by atoms with Crippen molar-refractivity contribution < 1.29 is 9.90 Å². The molecule has 0 aliphatic carbocycles. The highest BCUT2D eigenvalue weighted by atomic mass is 79.9. The number of pyridine rings is 1. The molecule has 3 aromatic rings. The van der Waals surface area contributed by atoms with Crippen molar-refractivity contribution in [2.45, 2.75) is 9.92 Å². The van der Waals surface area contributed by atoms with Crippen LogP contribution in [0.2, 0.25) is 0 Å². The largest absolute Gasteiger partial charge is 0.478 e. The first-order valence-corrected chi connectivity index (χ1v) is 7.80. The zero-order valence-electron chi connectivity index (χ0n) is 10.8. The summed E-state index contributed by atoms with van der Waals surface area (Å²) in [5, 5.41) is 12.0. The molecule has 0 radical (unpaired) electrons. The first kappa shape index (κ1) is 14.1. The number of fused-ring (bicyclic) bond motifs is 1. The maximum Gasteiger partial charge on any atom is 0.338 e. The molecule has 0 saturated heterocycles. The van der Waals surface area contributed by atoms with E-state index in [0.29, 0.717) is 9.50 Å². The van der Waals surface area contributed by atoms with Gasteiger partial charge in [0.05, 0.1) is 5.56 Å². The fourth-order valence-corrected chi connectivity index (χ4v) is 3.24. The van der Waals surface area contributed by atoms with Crippen LogP contribution in [-0.2, 0) is 0 Å². The summed E-state index contributed by atoms with van der Waals surface area (Å²) < 4.78 is 0.655. The zero-order chi connectivity index (χ0) is 14.8. The number of halogens is 1. The van der Waals surface area contributed by atoms with E-state index in [-0.39, 0.29) is 5.56 Å². The van der Waals surface area contributed by atoms with Crippen LogP contribution in [-0.4, -0.2) is 16.1 Å². The summed E-state index contributed by atoms with van der Waals surface area (Å²) in [7, 11) is 0. The molecule has 0 spiro atoms. The molecule has 1 N–H and O–H groups in total. The van der Waals surface area contributed by atoms with E-state index in [1.165, 1.54) is 11.8 Å². The number of hydrogen-bond acceptors (Lipinski definition) is 3. The summed E-state index contributed by atoms with van der Waals surface area (Å²) in [6.07, 6.45) is 1.61. The van der Waals surface area contributed by atoms with Crippen LogP contribution in [0.5, 0.6) is 0 Å². The molecule has 0 unspecified atom stereocenters. The highest BCUT2D eigenvalue weighted by Gasteiger charge is 2.13. The maximum absolute atomic E-state index is 11.3. The van der Waals surface area contributed by atoms with E-state index in [4.69, 9.17) is 0 Å². The quantitative estimate of drug-likeness (QED) is 0.726. The summed E-state index contributed by atoms with van der Waals surface area (Å²) in [4.78, 5) is 16.5. The van der Waals surface area contributed by atoms with E-state index in [1.54, 1.807) is 12.3 Å². The van der Waals surface area contributed by atoms with Gasteiger partial charge in [-0.3, -0.25) is 0 Å². The Morgan fingerprint density at radius 2 is 1.86 bits per heavy atom. The molecular formula is C16H10BrNO2S. The van der Waals surface area contributed by atoms with Crippen LogP contribution in [0.3, 0.4) is 0 Å². The summed E-state index contributed by atoms with van der Waals surface area (Å²) in [5.41, 5.74) is 0.197. The van der Waals surface area contributed by atoms with Gasteiger partial charge in [0.2, 0.25) is 0 Å². The van der Waals surface area contributed by atoms with Crippen LogP contribution in [0.4, 0.5) is 0 Å². The summed E-state index contributed by atoms with van der Waals surface area (Å²) in [6, 6.07) is 15.7. The van der Waals surface area contributed by atoms with E-state index in [1.807, 2.05) is 42.5 Å². The third-order valence-corrected chi connectivity index (χ3v) is 4.43. The van der Waals surface area contributed by atoms with E-state index in [0.717, 1.165) is 15.7 Å². The molecule has 104 valence electrons. The van der Waals surface area contributed by atoms with Crippen molar-refractivity contribution in [3.05, 3.63) is 64.8 Å². The Morgan fingerprint density at radius 3 is 2.62 bits per heavy atom. The predicted molar refractivity (Wildman–Crippen MR) is 87.0 cm³/mol. The average molecular weight is 360 g/mol. The van der Waals surface area contributed by atoms with Crippen LogP contribution in [0.15, 0.2) is 69.1 Å². The molecule has 0 bridgehead atoms. The number of carboxylic acid groups (broad SMARTS) is 1. The molecule has 21 heavy (non-hydrogen) atoms. The lowest BCUT2D eigenvalue weighted by Gasteiger charge is -2.06. The topological polar surface area (TPSA) is 50.2 Å². The van der Waals surface area contributed by atoms with Gasteiger partial charge < -0.3 is 5.11 Å². The molecule has 0 aliphatic rings. The van der Waals surface area contributed by atoms with Gasteiger partial charge in [0.1, 0.15) is 5.03 Å². The van der Waals surface area contributed by atoms with Gasteiger partial charge in [-0.2, -0.15) is 0 Å². The van der Waals surface area contributed by atoms with Crippen molar-refractivity contribution in [3.63, 3.8) is 0 Å². The lowest BCUT2D eigenvalue weighted by molar-refractivity contribution is 0.0692. The maximum atomic E-state index is 11.3. The minimum Gasteiger partial charge on any atom is -0.478 e. The molecule has 1 heterocycles. The second-order valence-electron chi connectivity index (χ2n) is 4.42. The molecular weight excluding hydrogens is 350 g/mol. The van der Waals surface area contributed by atoms with Gasteiger partial charge in [0, 0.05) is 15.6 Å². The number of aromatic nitrogens is 1. The van der Waals surface area contributed by atoms with Crippen molar-refractivity contribution in [1.29, 1.82) is 0 Å². The van der Waals surface area contributed by atoms with Crippen LogP contribution >= 0.6 is 27.7 Å². The Kier molecular flexibility index (Phi) is 3.94. The van der Waals surface area contributed by atoms with Gasteiger partial charge in [0.25, 0.3) is 0 Å². The Balaban J connectivity index is 2.00. The van der Waals surface area contributed by atoms with Crippen LogP contribution in [0.25, 0.3) is 10.8 Å². The number of benzene rings is 2. The smallest absolute Gasteiger partial charge is 0.338 e. The Hall–Kier alpha value is -1.85. The van der Waals surface area contributed by atoms with Crippen molar-refractivity contribution in [2.75, 3.05) is 0 Å². The number of carbonyl (C=O) groups is 1. The molecule has 2 aromatic carbocycles. The lowest BCUT2D eigenvalue weighted by atomic mass is 10.1. The summed E-state index contributed by atoms with van der Waals surface area (Å²) >= 11 is 4.60. The molecule has 0 saturated carbocycles. The van der Waals surface area contributed by atoms with Crippen LogP contribution in [0, 0.1) is 0 Å². The van der Waals surface area contributed by atoms with Gasteiger partial charge >= 0.3 is 5.97 Å². The molecule has 5 heteroatoms. The minimum absolute atomic E-state index is 0.197. The lowest BCUT2D eigenvalue weighted by Crippen LogP contribution is -2.00. The van der Waals surface area contributed by atoms with Gasteiger partial charge in [-0.15, -0.1) is 0 Å². The number of nitrogens with zero attached hydrogens (tertiary/aromatic N) is 1. The Bertz CT molecular complexity index is 835. The Morgan fingerprint density at radius 1 is 1.10 bits per heavy atom. The highest BCUT2D eigenvalue weighted by molar-refractivity contribution is 9.10. The molecule has 0 aliphatic heterocycles. The van der Waals surface area contributed by atoms with Crippen LogP contribution in [0.1, 0.15) is 10.4 Å². The summed E-state index contributed by atoms with van der Waals surface area (Å²) in [6.45, 7) is 0.